The van der Waals surface area contributed by atoms with Gasteiger partial charge in [0.25, 0.3) is 0 Å². The Bertz CT molecular complexity index is 267. The summed E-state index contributed by atoms with van der Waals surface area (Å²) in [5.41, 5.74) is 0. The molecule has 5 atom stereocenters. The van der Waals surface area contributed by atoms with E-state index in [1.165, 1.54) is 0 Å². The van der Waals surface area contributed by atoms with Gasteiger partial charge < -0.3 is 19.7 Å². The Morgan fingerprint density at radius 3 is 3.00 bits per heavy atom. The molecule has 0 aromatic carbocycles. The van der Waals surface area contributed by atoms with Crippen LogP contribution in [0.15, 0.2) is 0 Å². The largest absolute Gasteiger partial charge is 0.391 e. The van der Waals surface area contributed by atoms with Crippen molar-refractivity contribution in [2.45, 2.75) is 25.4 Å². The van der Waals surface area contributed by atoms with Gasteiger partial charge in [-0.2, -0.15) is 0 Å². The first-order valence-corrected chi connectivity index (χ1v) is 4.78. The lowest BCUT2D eigenvalue weighted by molar-refractivity contribution is -0.163. The zero-order chi connectivity index (χ0) is 10.1. The van der Waals surface area contributed by atoms with Crippen molar-refractivity contribution >= 4 is 0 Å². The average Bonchev–Trinajstić information content (AvgIpc) is 2.62. The minimum atomic E-state index is -0.528. The third-order valence-electron chi connectivity index (χ3n) is 2.87. The fourth-order valence-corrected chi connectivity index (χ4v) is 1.93. The Kier molecular flexibility index (Phi) is 2.75. The number of aliphatic hydroxyl groups is 2. The summed E-state index contributed by atoms with van der Waals surface area (Å²) in [6, 6.07) is 0. The van der Waals surface area contributed by atoms with Crippen molar-refractivity contribution in [2.75, 3.05) is 13.2 Å². The maximum Gasteiger partial charge on any atom is 0.174 e. The van der Waals surface area contributed by atoms with Crippen LogP contribution in [0.5, 0.6) is 0 Å². The molecule has 0 radical (unpaired) electrons. The van der Waals surface area contributed by atoms with Crippen LogP contribution in [-0.2, 0) is 9.47 Å². The molecule has 2 fully saturated rings. The summed E-state index contributed by atoms with van der Waals surface area (Å²) in [4.78, 5) is 0. The highest BCUT2D eigenvalue weighted by Crippen LogP contribution is 2.35. The predicted octanol–water partition coefficient (Wildman–Crippen LogP) is -0.650. The van der Waals surface area contributed by atoms with Crippen LogP contribution in [0.3, 0.4) is 0 Å². The van der Waals surface area contributed by atoms with E-state index in [1.807, 2.05) is 6.92 Å². The summed E-state index contributed by atoms with van der Waals surface area (Å²) < 4.78 is 10.9. The van der Waals surface area contributed by atoms with Crippen LogP contribution in [0.4, 0.5) is 0 Å². The van der Waals surface area contributed by atoms with E-state index >= 15 is 0 Å². The van der Waals surface area contributed by atoms with Gasteiger partial charge in [-0.3, -0.25) is 0 Å². The van der Waals surface area contributed by atoms with Gasteiger partial charge in [-0.1, -0.05) is 18.8 Å². The lowest BCUT2D eigenvalue weighted by Crippen LogP contribution is -2.45. The Morgan fingerprint density at radius 2 is 2.29 bits per heavy atom. The molecule has 2 heterocycles. The summed E-state index contributed by atoms with van der Waals surface area (Å²) >= 11 is 0. The molecular formula is C10H14O4. The quantitative estimate of drug-likeness (QED) is 0.508. The van der Waals surface area contributed by atoms with Gasteiger partial charge in [-0.15, -0.1) is 0 Å². The van der Waals surface area contributed by atoms with Gasteiger partial charge in [0.2, 0.25) is 0 Å². The van der Waals surface area contributed by atoms with E-state index < -0.39 is 12.4 Å². The Morgan fingerprint density at radius 1 is 1.50 bits per heavy atom. The Labute approximate surface area is 82.8 Å². The van der Waals surface area contributed by atoms with Crippen molar-refractivity contribution in [3.63, 3.8) is 0 Å². The van der Waals surface area contributed by atoms with Crippen molar-refractivity contribution in [1.29, 1.82) is 0 Å². The van der Waals surface area contributed by atoms with Crippen LogP contribution in [0, 0.1) is 23.7 Å². The summed E-state index contributed by atoms with van der Waals surface area (Å²) in [7, 11) is 0. The first-order chi connectivity index (χ1) is 6.74. The minimum absolute atomic E-state index is 0.0119. The molecule has 5 unspecified atom stereocenters. The molecule has 4 heteroatoms. The lowest BCUT2D eigenvalue weighted by atomic mass is 9.87. The standard InChI is InChI=1S/C10H14O4/c1-6-8-5-13-10(14-8)7(9(6)12)3-2-4-11/h6-12H,4-5H2,1H3. The van der Waals surface area contributed by atoms with Gasteiger partial charge in [0, 0.05) is 5.92 Å². The lowest BCUT2D eigenvalue weighted by Gasteiger charge is -2.33. The second-order valence-corrected chi connectivity index (χ2v) is 3.73. The molecule has 14 heavy (non-hydrogen) atoms. The molecule has 2 N–H and O–H groups in total. The molecule has 0 aliphatic carbocycles. The first kappa shape index (κ1) is 9.94. The number of aliphatic hydroxyl groups excluding tert-OH is 2. The summed E-state index contributed by atoms with van der Waals surface area (Å²) in [6.07, 6.45) is -0.965. The van der Waals surface area contributed by atoms with Crippen LogP contribution >= 0.6 is 0 Å². The highest BCUT2D eigenvalue weighted by atomic mass is 16.7. The predicted molar refractivity (Wildman–Crippen MR) is 48.1 cm³/mol. The van der Waals surface area contributed by atoms with Gasteiger partial charge in [0.05, 0.1) is 24.7 Å². The maximum absolute atomic E-state index is 9.90. The van der Waals surface area contributed by atoms with Gasteiger partial charge >= 0.3 is 0 Å². The second kappa shape index (κ2) is 3.87. The van der Waals surface area contributed by atoms with Gasteiger partial charge in [0.15, 0.2) is 6.29 Å². The maximum atomic E-state index is 9.90. The number of fused-ring (bicyclic) bond motifs is 2. The molecule has 0 aromatic rings. The van der Waals surface area contributed by atoms with Crippen LogP contribution in [0.2, 0.25) is 0 Å². The third-order valence-corrected chi connectivity index (χ3v) is 2.87. The Hall–Kier alpha value is -0.600. The summed E-state index contributed by atoms with van der Waals surface area (Å²) in [5.74, 6) is 5.01. The second-order valence-electron chi connectivity index (χ2n) is 3.73. The molecule has 0 spiro atoms. The van der Waals surface area contributed by atoms with Crippen molar-refractivity contribution in [3.8, 4) is 11.8 Å². The van der Waals surface area contributed by atoms with Crippen LogP contribution < -0.4 is 0 Å². The van der Waals surface area contributed by atoms with Crippen molar-refractivity contribution in [3.05, 3.63) is 0 Å². The topological polar surface area (TPSA) is 58.9 Å². The number of rotatable bonds is 0. The molecule has 2 aliphatic heterocycles. The van der Waals surface area contributed by atoms with E-state index in [4.69, 9.17) is 14.6 Å². The van der Waals surface area contributed by atoms with Crippen LogP contribution in [0.1, 0.15) is 6.92 Å². The fraction of sp³-hybridized carbons (Fsp3) is 0.800. The first-order valence-electron chi connectivity index (χ1n) is 4.78. The van der Waals surface area contributed by atoms with Gasteiger partial charge in [-0.25, -0.2) is 0 Å². The van der Waals surface area contributed by atoms with E-state index in [1.54, 1.807) is 0 Å². The van der Waals surface area contributed by atoms with Gasteiger partial charge in [0.1, 0.15) is 6.61 Å². The molecule has 2 aliphatic rings. The van der Waals surface area contributed by atoms with E-state index in [0.717, 1.165) is 0 Å². The molecule has 0 saturated carbocycles. The summed E-state index contributed by atoms with van der Waals surface area (Å²) in [5, 5.41) is 18.5. The van der Waals surface area contributed by atoms with E-state index in [0.29, 0.717) is 6.61 Å². The van der Waals surface area contributed by atoms with Crippen molar-refractivity contribution in [1.82, 2.24) is 0 Å². The molecule has 4 nitrogen and oxygen atoms in total. The monoisotopic (exact) mass is 198 g/mol. The fourth-order valence-electron chi connectivity index (χ4n) is 1.93. The molecule has 2 saturated heterocycles. The van der Waals surface area contributed by atoms with Crippen molar-refractivity contribution < 1.29 is 19.7 Å². The zero-order valence-electron chi connectivity index (χ0n) is 8.01. The van der Waals surface area contributed by atoms with E-state index in [2.05, 4.69) is 11.8 Å². The number of hydrogen-bond donors (Lipinski definition) is 2. The van der Waals surface area contributed by atoms with E-state index in [9.17, 15) is 5.11 Å². The van der Waals surface area contributed by atoms with Crippen LogP contribution in [-0.4, -0.2) is 41.9 Å². The average molecular weight is 198 g/mol. The molecule has 0 aromatic heterocycles. The van der Waals surface area contributed by atoms with Crippen molar-refractivity contribution in [2.24, 2.45) is 11.8 Å². The SMILES string of the molecule is CC1C2COC(O2)C(C#CCO)C1O. The Balaban J connectivity index is 2.14. The smallest absolute Gasteiger partial charge is 0.174 e. The number of ether oxygens (including phenoxy) is 2. The van der Waals surface area contributed by atoms with Crippen LogP contribution in [0.25, 0.3) is 0 Å². The molecule has 2 bridgehead atoms. The molecular weight excluding hydrogens is 184 g/mol. The molecule has 2 rings (SSSR count). The van der Waals surface area contributed by atoms with E-state index in [-0.39, 0.29) is 24.5 Å². The third kappa shape index (κ3) is 1.53. The molecule has 78 valence electrons. The summed E-state index contributed by atoms with van der Waals surface area (Å²) in [6.45, 7) is 2.25. The highest BCUT2D eigenvalue weighted by Gasteiger charge is 2.47. The molecule has 0 amide bonds. The minimum Gasteiger partial charge on any atom is -0.391 e. The highest BCUT2D eigenvalue weighted by molar-refractivity contribution is 5.10. The zero-order valence-corrected chi connectivity index (χ0v) is 8.01. The van der Waals surface area contributed by atoms with Gasteiger partial charge in [-0.05, 0) is 0 Å². The number of hydrogen-bond acceptors (Lipinski definition) is 4. The normalized spacial score (nSPS) is 45.8.